The molecule has 1 aromatic heterocycles. The van der Waals surface area contributed by atoms with Crippen LogP contribution in [0, 0.1) is 0 Å². The summed E-state index contributed by atoms with van der Waals surface area (Å²) in [5, 5.41) is 5.53. The Morgan fingerprint density at radius 2 is 1.78 bits per heavy atom. The Hall–Kier alpha value is -2.58. The standard InChI is InChI=1S/C19H22N4O3S/c1-3-22(4-2)10-13-12-27-17(21-13)9-20-16(24)11-23-18(25)14-7-5-6-8-15(14)19(23)26/h5-8,12H,3-4,9-11H2,1-2H3,(H,20,24). The minimum Gasteiger partial charge on any atom is -0.348 e. The third kappa shape index (κ3) is 4.23. The molecule has 2 aromatic rings. The van der Waals surface area contributed by atoms with Crippen LogP contribution in [-0.4, -0.2) is 52.1 Å². The monoisotopic (exact) mass is 386 g/mol. The van der Waals surface area contributed by atoms with E-state index in [2.05, 4.69) is 29.0 Å². The number of carbonyl (C=O) groups excluding carboxylic acids is 3. The van der Waals surface area contributed by atoms with E-state index in [0.717, 1.165) is 35.2 Å². The number of fused-ring (bicyclic) bond motifs is 1. The molecule has 0 bridgehead atoms. The number of rotatable bonds is 8. The number of nitrogens with one attached hydrogen (secondary N) is 1. The zero-order valence-electron chi connectivity index (χ0n) is 15.4. The molecule has 7 nitrogen and oxygen atoms in total. The van der Waals surface area contributed by atoms with Crippen molar-refractivity contribution in [2.45, 2.75) is 26.9 Å². The molecule has 27 heavy (non-hydrogen) atoms. The molecule has 0 radical (unpaired) electrons. The highest BCUT2D eigenvalue weighted by molar-refractivity contribution is 7.09. The summed E-state index contributed by atoms with van der Waals surface area (Å²) < 4.78 is 0. The second-order valence-electron chi connectivity index (χ2n) is 6.21. The van der Waals surface area contributed by atoms with E-state index in [4.69, 9.17) is 0 Å². The summed E-state index contributed by atoms with van der Waals surface area (Å²) in [7, 11) is 0. The Morgan fingerprint density at radius 3 is 2.37 bits per heavy atom. The van der Waals surface area contributed by atoms with Crippen LogP contribution in [0.5, 0.6) is 0 Å². The van der Waals surface area contributed by atoms with Crippen LogP contribution in [0.3, 0.4) is 0 Å². The average molecular weight is 386 g/mol. The lowest BCUT2D eigenvalue weighted by molar-refractivity contribution is -0.121. The van der Waals surface area contributed by atoms with E-state index in [0.29, 0.717) is 11.1 Å². The van der Waals surface area contributed by atoms with Crippen LogP contribution in [0.1, 0.15) is 45.3 Å². The fourth-order valence-corrected chi connectivity index (χ4v) is 3.66. The third-order valence-corrected chi connectivity index (χ3v) is 5.39. The molecule has 0 atom stereocenters. The quantitative estimate of drug-likeness (QED) is 0.701. The van der Waals surface area contributed by atoms with Gasteiger partial charge in [0.2, 0.25) is 5.91 Å². The summed E-state index contributed by atoms with van der Waals surface area (Å²) in [6.45, 7) is 6.91. The van der Waals surface area contributed by atoms with Crippen LogP contribution in [0.4, 0.5) is 0 Å². The minimum absolute atomic E-state index is 0.283. The predicted octanol–water partition coefficient (Wildman–Crippen LogP) is 1.90. The first-order chi connectivity index (χ1) is 13.0. The second-order valence-corrected chi connectivity index (χ2v) is 7.16. The molecule has 2 heterocycles. The molecular weight excluding hydrogens is 364 g/mol. The van der Waals surface area contributed by atoms with Gasteiger partial charge in [0.25, 0.3) is 11.8 Å². The topological polar surface area (TPSA) is 82.6 Å². The van der Waals surface area contributed by atoms with Crippen LogP contribution >= 0.6 is 11.3 Å². The maximum atomic E-state index is 12.3. The number of thiazole rings is 1. The average Bonchev–Trinajstić information content (AvgIpc) is 3.23. The smallest absolute Gasteiger partial charge is 0.262 e. The van der Waals surface area contributed by atoms with Gasteiger partial charge >= 0.3 is 0 Å². The number of imide groups is 1. The molecule has 0 unspecified atom stereocenters. The van der Waals surface area contributed by atoms with Crippen molar-refractivity contribution < 1.29 is 14.4 Å². The lowest BCUT2D eigenvalue weighted by Gasteiger charge is -2.15. The Kier molecular flexibility index (Phi) is 5.98. The molecule has 1 aromatic carbocycles. The summed E-state index contributed by atoms with van der Waals surface area (Å²) in [6, 6.07) is 6.60. The van der Waals surface area contributed by atoms with E-state index in [-0.39, 0.29) is 19.0 Å². The number of hydrogen-bond donors (Lipinski definition) is 1. The van der Waals surface area contributed by atoms with E-state index >= 15 is 0 Å². The number of aromatic nitrogens is 1. The van der Waals surface area contributed by atoms with Gasteiger partial charge in [0.15, 0.2) is 0 Å². The lowest BCUT2D eigenvalue weighted by atomic mass is 10.1. The summed E-state index contributed by atoms with van der Waals surface area (Å²) in [5.74, 6) is -1.24. The summed E-state index contributed by atoms with van der Waals surface area (Å²) in [5.41, 5.74) is 1.67. The Bertz CT molecular complexity index is 825. The number of hydrogen-bond acceptors (Lipinski definition) is 6. The Balaban J connectivity index is 1.53. The largest absolute Gasteiger partial charge is 0.348 e. The molecule has 1 aliphatic heterocycles. The zero-order chi connectivity index (χ0) is 19.4. The SMILES string of the molecule is CCN(CC)Cc1csc(CNC(=O)CN2C(=O)c3ccccc3C2=O)n1. The zero-order valence-corrected chi connectivity index (χ0v) is 16.2. The lowest BCUT2D eigenvalue weighted by Crippen LogP contribution is -2.40. The van der Waals surface area contributed by atoms with Crippen molar-refractivity contribution in [2.24, 2.45) is 0 Å². The highest BCUT2D eigenvalue weighted by Gasteiger charge is 2.36. The molecule has 3 amide bonds. The number of benzene rings is 1. The number of amides is 3. The normalized spacial score (nSPS) is 13.4. The van der Waals surface area contributed by atoms with Crippen molar-refractivity contribution >= 4 is 29.1 Å². The van der Waals surface area contributed by atoms with Gasteiger partial charge in [-0.2, -0.15) is 0 Å². The highest BCUT2D eigenvalue weighted by Crippen LogP contribution is 2.22. The predicted molar refractivity (Wildman–Crippen MR) is 102 cm³/mol. The Labute approximate surface area is 162 Å². The van der Waals surface area contributed by atoms with E-state index in [9.17, 15) is 14.4 Å². The maximum absolute atomic E-state index is 12.3. The molecule has 8 heteroatoms. The van der Waals surface area contributed by atoms with Crippen molar-refractivity contribution in [3.05, 3.63) is 51.5 Å². The molecule has 1 aliphatic rings. The fraction of sp³-hybridized carbons (Fsp3) is 0.368. The molecular formula is C19H22N4O3S. The number of carbonyl (C=O) groups is 3. The van der Waals surface area contributed by atoms with Crippen LogP contribution in [-0.2, 0) is 17.9 Å². The van der Waals surface area contributed by atoms with Gasteiger partial charge < -0.3 is 5.32 Å². The van der Waals surface area contributed by atoms with E-state index in [1.165, 1.54) is 11.3 Å². The summed E-state index contributed by atoms with van der Waals surface area (Å²) >= 11 is 1.49. The molecule has 0 saturated carbocycles. The van der Waals surface area contributed by atoms with Crippen LogP contribution < -0.4 is 5.32 Å². The minimum atomic E-state index is -0.429. The van der Waals surface area contributed by atoms with Crippen molar-refractivity contribution in [3.8, 4) is 0 Å². The number of nitrogens with zero attached hydrogens (tertiary/aromatic N) is 3. The van der Waals surface area contributed by atoms with Gasteiger partial charge in [-0.25, -0.2) is 4.98 Å². The van der Waals surface area contributed by atoms with Gasteiger partial charge in [0.05, 0.1) is 23.4 Å². The van der Waals surface area contributed by atoms with Crippen molar-refractivity contribution in [2.75, 3.05) is 19.6 Å². The third-order valence-electron chi connectivity index (χ3n) is 4.50. The van der Waals surface area contributed by atoms with Gasteiger partial charge in [-0.3, -0.25) is 24.2 Å². The van der Waals surface area contributed by atoms with Crippen molar-refractivity contribution in [3.63, 3.8) is 0 Å². The van der Waals surface area contributed by atoms with Crippen LogP contribution in [0.2, 0.25) is 0 Å². The molecule has 0 spiro atoms. The van der Waals surface area contributed by atoms with E-state index < -0.39 is 11.8 Å². The first kappa shape index (κ1) is 19.2. The second kappa shape index (κ2) is 8.41. The molecule has 0 saturated heterocycles. The molecule has 3 rings (SSSR count). The summed E-state index contributed by atoms with van der Waals surface area (Å²) in [6.07, 6.45) is 0. The summed E-state index contributed by atoms with van der Waals surface area (Å²) in [4.78, 5) is 44.6. The van der Waals surface area contributed by atoms with Crippen molar-refractivity contribution in [1.29, 1.82) is 0 Å². The van der Waals surface area contributed by atoms with Gasteiger partial charge in [-0.1, -0.05) is 26.0 Å². The van der Waals surface area contributed by atoms with E-state index in [1.54, 1.807) is 24.3 Å². The van der Waals surface area contributed by atoms with E-state index in [1.807, 2.05) is 5.38 Å². The molecule has 142 valence electrons. The van der Waals surface area contributed by atoms with Gasteiger partial charge in [0, 0.05) is 11.9 Å². The van der Waals surface area contributed by atoms with Gasteiger partial charge in [-0.15, -0.1) is 11.3 Å². The first-order valence-electron chi connectivity index (χ1n) is 8.91. The maximum Gasteiger partial charge on any atom is 0.262 e. The molecule has 0 fully saturated rings. The molecule has 1 N–H and O–H groups in total. The fourth-order valence-electron chi connectivity index (χ4n) is 2.94. The Morgan fingerprint density at radius 1 is 1.15 bits per heavy atom. The van der Waals surface area contributed by atoms with Gasteiger partial charge in [0.1, 0.15) is 11.6 Å². The van der Waals surface area contributed by atoms with Crippen LogP contribution in [0.25, 0.3) is 0 Å². The van der Waals surface area contributed by atoms with Gasteiger partial charge in [-0.05, 0) is 25.2 Å². The highest BCUT2D eigenvalue weighted by atomic mass is 32.1. The van der Waals surface area contributed by atoms with Crippen molar-refractivity contribution in [1.82, 2.24) is 20.1 Å². The molecule has 0 aliphatic carbocycles. The van der Waals surface area contributed by atoms with Crippen LogP contribution in [0.15, 0.2) is 29.6 Å². The first-order valence-corrected chi connectivity index (χ1v) is 9.79.